The molecular weight excluding hydrogens is 322 g/mol. The number of allylic oxidation sites excluding steroid dienone is 1. The summed E-state index contributed by atoms with van der Waals surface area (Å²) in [4.78, 5) is 12.3. The highest BCUT2D eigenvalue weighted by Gasteiger charge is 2.05. The van der Waals surface area contributed by atoms with Crippen LogP contribution in [0.15, 0.2) is 96.1 Å². The number of nitrogens with two attached hydrogens (primary N) is 1. The van der Waals surface area contributed by atoms with Crippen LogP contribution in [0.3, 0.4) is 0 Å². The van der Waals surface area contributed by atoms with Crippen molar-refractivity contribution in [2.75, 3.05) is 5.73 Å². The van der Waals surface area contributed by atoms with Crippen LogP contribution in [-0.4, -0.2) is 11.6 Å². The molecule has 0 spiro atoms. The lowest BCUT2D eigenvalue weighted by molar-refractivity contribution is 0.0955. The molecule has 0 heterocycles. The van der Waals surface area contributed by atoms with Gasteiger partial charge in [-0.05, 0) is 35.9 Å². The molecule has 4 heteroatoms. The zero-order chi connectivity index (χ0) is 18.2. The number of nitrogens with zero attached hydrogens (tertiary/aromatic N) is 1. The van der Waals surface area contributed by atoms with E-state index >= 15 is 0 Å². The summed E-state index contributed by atoms with van der Waals surface area (Å²) in [7, 11) is 0. The van der Waals surface area contributed by atoms with Gasteiger partial charge in [-0.1, -0.05) is 66.7 Å². The molecule has 3 aromatic carbocycles. The van der Waals surface area contributed by atoms with Crippen LogP contribution in [-0.2, 0) is 0 Å². The zero-order valence-electron chi connectivity index (χ0n) is 14.2. The average Bonchev–Trinajstić information content (AvgIpc) is 2.70. The third-order valence-electron chi connectivity index (χ3n) is 3.75. The predicted molar refractivity (Wildman–Crippen MR) is 107 cm³/mol. The minimum Gasteiger partial charge on any atom is -0.399 e. The second kappa shape index (κ2) is 8.44. The molecular formula is C22H19N3O. The molecule has 3 aromatic rings. The summed E-state index contributed by atoms with van der Waals surface area (Å²) >= 11 is 0. The van der Waals surface area contributed by atoms with Gasteiger partial charge in [0.2, 0.25) is 0 Å². The van der Waals surface area contributed by atoms with Gasteiger partial charge in [0.25, 0.3) is 5.91 Å². The number of amides is 1. The first-order valence-corrected chi connectivity index (χ1v) is 8.24. The van der Waals surface area contributed by atoms with E-state index in [0.29, 0.717) is 17.0 Å². The van der Waals surface area contributed by atoms with Crippen LogP contribution in [0, 0.1) is 0 Å². The SMILES string of the molecule is Nc1ccc(C(=O)N/N=C(\C=C/c2ccccc2)c2ccccc2)cc1. The van der Waals surface area contributed by atoms with E-state index in [1.165, 1.54) is 0 Å². The highest BCUT2D eigenvalue weighted by atomic mass is 16.2. The number of benzene rings is 3. The van der Waals surface area contributed by atoms with Crippen LogP contribution in [0.25, 0.3) is 6.08 Å². The molecule has 26 heavy (non-hydrogen) atoms. The molecule has 0 bridgehead atoms. The predicted octanol–water partition coefficient (Wildman–Crippen LogP) is 4.12. The van der Waals surface area contributed by atoms with Crippen molar-refractivity contribution in [1.29, 1.82) is 0 Å². The standard InChI is InChI=1S/C22H19N3O/c23-20-14-12-19(13-15-20)22(26)25-24-21(18-9-5-2-6-10-18)16-11-17-7-3-1-4-8-17/h1-16H,23H2,(H,25,26)/b16-11-,24-21+. The minimum absolute atomic E-state index is 0.286. The summed E-state index contributed by atoms with van der Waals surface area (Å²) < 4.78 is 0. The van der Waals surface area contributed by atoms with Crippen molar-refractivity contribution in [3.8, 4) is 0 Å². The second-order valence-corrected chi connectivity index (χ2v) is 5.67. The molecule has 4 nitrogen and oxygen atoms in total. The molecule has 0 fully saturated rings. The van der Waals surface area contributed by atoms with Crippen molar-refractivity contribution in [2.24, 2.45) is 5.10 Å². The first-order valence-electron chi connectivity index (χ1n) is 8.24. The maximum Gasteiger partial charge on any atom is 0.271 e. The van der Waals surface area contributed by atoms with Gasteiger partial charge in [0.15, 0.2) is 0 Å². The van der Waals surface area contributed by atoms with E-state index < -0.39 is 0 Å². The van der Waals surface area contributed by atoms with Crippen molar-refractivity contribution in [2.45, 2.75) is 0 Å². The third-order valence-corrected chi connectivity index (χ3v) is 3.75. The molecule has 0 aromatic heterocycles. The fourth-order valence-electron chi connectivity index (χ4n) is 2.36. The van der Waals surface area contributed by atoms with Crippen molar-refractivity contribution >= 4 is 23.4 Å². The quantitative estimate of drug-likeness (QED) is 0.416. The molecule has 128 valence electrons. The molecule has 0 aliphatic heterocycles. The van der Waals surface area contributed by atoms with Crippen LogP contribution in [0.5, 0.6) is 0 Å². The number of hydrogen-bond acceptors (Lipinski definition) is 3. The number of carbonyl (C=O) groups excluding carboxylic acids is 1. The van der Waals surface area contributed by atoms with Gasteiger partial charge in [-0.25, -0.2) is 5.43 Å². The largest absolute Gasteiger partial charge is 0.399 e. The van der Waals surface area contributed by atoms with Crippen LogP contribution in [0.2, 0.25) is 0 Å². The lowest BCUT2D eigenvalue weighted by Crippen LogP contribution is -2.19. The number of hydrazone groups is 1. The van der Waals surface area contributed by atoms with Crippen molar-refractivity contribution in [1.82, 2.24) is 5.43 Å². The Balaban J connectivity index is 1.83. The summed E-state index contributed by atoms with van der Waals surface area (Å²) in [6, 6.07) is 26.3. The normalized spacial score (nSPS) is 11.5. The molecule has 0 unspecified atom stereocenters. The summed E-state index contributed by atoms with van der Waals surface area (Å²) in [6.07, 6.45) is 3.84. The zero-order valence-corrected chi connectivity index (χ0v) is 14.2. The molecule has 3 N–H and O–H groups in total. The van der Waals surface area contributed by atoms with E-state index in [0.717, 1.165) is 11.1 Å². The Kier molecular flexibility index (Phi) is 5.58. The van der Waals surface area contributed by atoms with Crippen LogP contribution in [0.1, 0.15) is 21.5 Å². The number of hydrogen-bond donors (Lipinski definition) is 2. The van der Waals surface area contributed by atoms with Crippen molar-refractivity contribution < 1.29 is 4.79 Å². The van der Waals surface area contributed by atoms with Gasteiger partial charge in [-0.2, -0.15) is 5.10 Å². The lowest BCUT2D eigenvalue weighted by atomic mass is 10.1. The summed E-state index contributed by atoms with van der Waals surface area (Å²) in [5.74, 6) is -0.286. The van der Waals surface area contributed by atoms with E-state index in [1.54, 1.807) is 24.3 Å². The molecule has 0 saturated heterocycles. The van der Waals surface area contributed by atoms with Crippen LogP contribution >= 0.6 is 0 Å². The van der Waals surface area contributed by atoms with Crippen molar-refractivity contribution in [3.63, 3.8) is 0 Å². The Morgan fingerprint density at radius 3 is 2.08 bits per heavy atom. The molecule has 1 amide bonds. The molecule has 0 aliphatic carbocycles. The number of nitrogens with one attached hydrogen (secondary N) is 1. The lowest BCUT2D eigenvalue weighted by Gasteiger charge is -2.04. The summed E-state index contributed by atoms with van der Waals surface area (Å²) in [5, 5.41) is 4.31. The topological polar surface area (TPSA) is 67.5 Å². The number of anilines is 1. The number of rotatable bonds is 5. The van der Waals surface area contributed by atoms with E-state index in [4.69, 9.17) is 5.73 Å². The van der Waals surface area contributed by atoms with Gasteiger partial charge in [0.05, 0.1) is 5.71 Å². The highest BCUT2D eigenvalue weighted by Crippen LogP contribution is 2.08. The van der Waals surface area contributed by atoms with Crippen LogP contribution in [0.4, 0.5) is 5.69 Å². The third kappa shape index (κ3) is 4.68. The van der Waals surface area contributed by atoms with Gasteiger partial charge < -0.3 is 5.73 Å². The van der Waals surface area contributed by atoms with E-state index in [9.17, 15) is 4.79 Å². The van der Waals surface area contributed by atoms with Gasteiger partial charge in [-0.3, -0.25) is 4.79 Å². The molecule has 0 atom stereocenters. The first kappa shape index (κ1) is 17.2. The fraction of sp³-hybridized carbons (Fsp3) is 0. The van der Waals surface area contributed by atoms with Gasteiger partial charge >= 0.3 is 0 Å². The Bertz CT molecular complexity index is 915. The first-order chi connectivity index (χ1) is 12.7. The number of carbonyl (C=O) groups is 1. The molecule has 0 radical (unpaired) electrons. The maximum absolute atomic E-state index is 12.3. The molecule has 0 aliphatic rings. The Morgan fingerprint density at radius 1 is 0.808 bits per heavy atom. The maximum atomic E-state index is 12.3. The summed E-state index contributed by atoms with van der Waals surface area (Å²) in [5.41, 5.74) is 12.0. The van der Waals surface area contributed by atoms with E-state index in [-0.39, 0.29) is 5.91 Å². The van der Waals surface area contributed by atoms with E-state index in [1.807, 2.05) is 72.8 Å². The molecule has 0 saturated carbocycles. The Hall–Kier alpha value is -3.66. The highest BCUT2D eigenvalue weighted by molar-refractivity contribution is 6.11. The van der Waals surface area contributed by atoms with Crippen molar-refractivity contribution in [3.05, 3.63) is 108 Å². The minimum atomic E-state index is -0.286. The second-order valence-electron chi connectivity index (χ2n) is 5.67. The monoisotopic (exact) mass is 341 g/mol. The molecule has 3 rings (SSSR count). The van der Waals surface area contributed by atoms with Gasteiger partial charge in [0, 0.05) is 16.8 Å². The smallest absolute Gasteiger partial charge is 0.271 e. The number of nitrogen functional groups attached to an aromatic ring is 1. The van der Waals surface area contributed by atoms with E-state index in [2.05, 4.69) is 10.5 Å². The fourth-order valence-corrected chi connectivity index (χ4v) is 2.36. The Labute approximate surface area is 152 Å². The Morgan fingerprint density at radius 2 is 1.42 bits per heavy atom. The van der Waals surface area contributed by atoms with Crippen LogP contribution < -0.4 is 11.2 Å². The van der Waals surface area contributed by atoms with Gasteiger partial charge in [0.1, 0.15) is 0 Å². The average molecular weight is 341 g/mol. The van der Waals surface area contributed by atoms with Gasteiger partial charge in [-0.15, -0.1) is 0 Å². The summed E-state index contributed by atoms with van der Waals surface area (Å²) in [6.45, 7) is 0.